The van der Waals surface area contributed by atoms with Gasteiger partial charge in [0.05, 0.1) is 6.04 Å². The van der Waals surface area contributed by atoms with Gasteiger partial charge in [-0.25, -0.2) is 4.68 Å². The van der Waals surface area contributed by atoms with Crippen LogP contribution in [0.15, 0.2) is 28.3 Å². The molecule has 7 heteroatoms. The molecule has 1 aliphatic rings. The summed E-state index contributed by atoms with van der Waals surface area (Å²) in [5, 5.41) is 13.8. The van der Waals surface area contributed by atoms with Crippen LogP contribution in [-0.4, -0.2) is 26.8 Å². The molecule has 0 spiro atoms. The number of nitrogens with two attached hydrogens (primary N) is 1. The molecular formula is C14H18ClN5S. The lowest BCUT2D eigenvalue weighted by Crippen LogP contribution is -2.09. The molecule has 1 heterocycles. The highest BCUT2D eigenvalue weighted by atomic mass is 35.5. The molecule has 21 heavy (non-hydrogen) atoms. The van der Waals surface area contributed by atoms with Crippen molar-refractivity contribution in [2.75, 3.05) is 6.54 Å². The number of nitrogens with zero attached hydrogens (tertiary/aromatic N) is 4. The number of hydrogen-bond donors (Lipinski definition) is 1. The Bertz CT molecular complexity index is 609. The zero-order valence-corrected chi connectivity index (χ0v) is 13.3. The number of halogens is 1. The van der Waals surface area contributed by atoms with E-state index in [-0.39, 0.29) is 0 Å². The minimum Gasteiger partial charge on any atom is -0.330 e. The number of tetrazole rings is 1. The lowest BCUT2D eigenvalue weighted by atomic mass is 10.1. The Morgan fingerprint density at radius 1 is 1.33 bits per heavy atom. The number of benzene rings is 1. The maximum absolute atomic E-state index is 6.29. The van der Waals surface area contributed by atoms with Gasteiger partial charge in [-0.3, -0.25) is 0 Å². The largest absolute Gasteiger partial charge is 0.330 e. The predicted molar refractivity (Wildman–Crippen MR) is 83.7 cm³/mol. The quantitative estimate of drug-likeness (QED) is 0.915. The summed E-state index contributed by atoms with van der Waals surface area (Å²) in [5.41, 5.74) is 6.76. The molecule has 0 amide bonds. The molecule has 112 valence electrons. The van der Waals surface area contributed by atoms with E-state index in [1.165, 1.54) is 12.8 Å². The van der Waals surface area contributed by atoms with Gasteiger partial charge in [0, 0.05) is 9.92 Å². The smallest absolute Gasteiger partial charge is 0.214 e. The summed E-state index contributed by atoms with van der Waals surface area (Å²) in [6.07, 6.45) is 5.58. The highest BCUT2D eigenvalue weighted by Gasteiger charge is 2.22. The van der Waals surface area contributed by atoms with E-state index >= 15 is 0 Å². The summed E-state index contributed by atoms with van der Waals surface area (Å²) >= 11 is 7.86. The minimum atomic E-state index is 0.430. The summed E-state index contributed by atoms with van der Waals surface area (Å²) in [6, 6.07) is 6.33. The maximum atomic E-state index is 6.29. The topological polar surface area (TPSA) is 69.6 Å². The van der Waals surface area contributed by atoms with Gasteiger partial charge in [-0.2, -0.15) is 0 Å². The van der Waals surface area contributed by atoms with Crippen LogP contribution in [0.5, 0.6) is 0 Å². The van der Waals surface area contributed by atoms with Crippen molar-refractivity contribution in [3.8, 4) is 0 Å². The third kappa shape index (κ3) is 3.22. The molecule has 0 atom stereocenters. The Hall–Kier alpha value is -1.11. The molecule has 1 saturated carbocycles. The van der Waals surface area contributed by atoms with Gasteiger partial charge in [0.2, 0.25) is 5.16 Å². The molecule has 1 aromatic heterocycles. The zero-order chi connectivity index (χ0) is 14.7. The number of rotatable bonds is 5. The SMILES string of the molecule is NCCc1c(Cl)cccc1Sc1nnnn1C1CCCC1. The minimum absolute atomic E-state index is 0.430. The maximum Gasteiger partial charge on any atom is 0.214 e. The molecule has 0 aliphatic heterocycles. The van der Waals surface area contributed by atoms with Crippen LogP contribution in [0.1, 0.15) is 37.3 Å². The van der Waals surface area contributed by atoms with Crippen molar-refractivity contribution in [3.05, 3.63) is 28.8 Å². The lowest BCUT2D eigenvalue weighted by molar-refractivity contribution is 0.423. The fourth-order valence-electron chi connectivity index (χ4n) is 2.75. The standard InChI is InChI=1S/C14H18ClN5S/c15-12-6-3-7-13(11(12)8-9-16)21-14-17-18-19-20(14)10-4-1-2-5-10/h3,6-7,10H,1-2,4-5,8-9,16H2. The summed E-state index contributed by atoms with van der Waals surface area (Å²) in [6.45, 7) is 0.574. The molecule has 3 rings (SSSR count). The van der Waals surface area contributed by atoms with Gasteiger partial charge in [0.15, 0.2) is 0 Å². The zero-order valence-electron chi connectivity index (χ0n) is 11.7. The first-order valence-corrected chi connectivity index (χ1v) is 8.42. The van der Waals surface area contributed by atoms with E-state index in [1.54, 1.807) is 11.8 Å². The van der Waals surface area contributed by atoms with Crippen molar-refractivity contribution in [1.29, 1.82) is 0 Å². The number of aromatic nitrogens is 4. The van der Waals surface area contributed by atoms with E-state index in [9.17, 15) is 0 Å². The van der Waals surface area contributed by atoms with Crippen molar-refractivity contribution in [3.63, 3.8) is 0 Å². The third-order valence-corrected chi connectivity index (χ3v) is 5.21. The first kappa shape index (κ1) is 14.8. The van der Waals surface area contributed by atoms with Gasteiger partial charge in [-0.1, -0.05) is 30.5 Å². The van der Waals surface area contributed by atoms with Crippen LogP contribution >= 0.6 is 23.4 Å². The van der Waals surface area contributed by atoms with Crippen molar-refractivity contribution in [1.82, 2.24) is 20.2 Å². The van der Waals surface area contributed by atoms with Crippen molar-refractivity contribution in [2.45, 2.75) is 48.2 Å². The van der Waals surface area contributed by atoms with Crippen LogP contribution in [0.25, 0.3) is 0 Å². The monoisotopic (exact) mass is 323 g/mol. The van der Waals surface area contributed by atoms with Crippen molar-refractivity contribution in [2.24, 2.45) is 5.73 Å². The normalized spacial score (nSPS) is 15.7. The van der Waals surface area contributed by atoms with E-state index in [2.05, 4.69) is 21.6 Å². The van der Waals surface area contributed by atoms with Crippen molar-refractivity contribution >= 4 is 23.4 Å². The van der Waals surface area contributed by atoms with Gasteiger partial charge in [-0.05, 0) is 65.7 Å². The summed E-state index contributed by atoms with van der Waals surface area (Å²) in [7, 11) is 0. The van der Waals surface area contributed by atoms with E-state index < -0.39 is 0 Å². The number of hydrogen-bond acceptors (Lipinski definition) is 5. The van der Waals surface area contributed by atoms with E-state index in [1.807, 2.05) is 16.8 Å². The highest BCUT2D eigenvalue weighted by Crippen LogP contribution is 2.36. The van der Waals surface area contributed by atoms with Crippen LogP contribution in [0.3, 0.4) is 0 Å². The van der Waals surface area contributed by atoms with Crippen LogP contribution in [-0.2, 0) is 6.42 Å². The Morgan fingerprint density at radius 2 is 2.14 bits per heavy atom. The van der Waals surface area contributed by atoms with Gasteiger partial charge in [0.1, 0.15) is 0 Å². The Morgan fingerprint density at radius 3 is 2.90 bits per heavy atom. The first-order valence-electron chi connectivity index (χ1n) is 7.22. The molecule has 2 N–H and O–H groups in total. The van der Waals surface area contributed by atoms with Gasteiger partial charge < -0.3 is 5.73 Å². The molecule has 1 fully saturated rings. The second-order valence-corrected chi connectivity index (χ2v) is 6.62. The van der Waals surface area contributed by atoms with Gasteiger partial charge in [-0.15, -0.1) is 5.10 Å². The average Bonchev–Trinajstić information content (AvgIpc) is 3.13. The average molecular weight is 324 g/mol. The van der Waals surface area contributed by atoms with Crippen LogP contribution in [0.4, 0.5) is 0 Å². The molecule has 1 aromatic carbocycles. The molecule has 5 nitrogen and oxygen atoms in total. The van der Waals surface area contributed by atoms with E-state index in [4.69, 9.17) is 17.3 Å². The molecule has 0 bridgehead atoms. The van der Waals surface area contributed by atoms with E-state index in [0.717, 1.165) is 39.9 Å². The molecule has 0 saturated heterocycles. The van der Waals surface area contributed by atoms with Gasteiger partial charge in [0.25, 0.3) is 0 Å². The lowest BCUT2D eigenvalue weighted by Gasteiger charge is -2.13. The second-order valence-electron chi connectivity index (χ2n) is 5.20. The molecule has 1 aliphatic carbocycles. The third-order valence-electron chi connectivity index (χ3n) is 3.80. The Balaban J connectivity index is 1.87. The second kappa shape index (κ2) is 6.77. The molecule has 0 radical (unpaired) electrons. The van der Waals surface area contributed by atoms with Gasteiger partial charge >= 0.3 is 0 Å². The Labute approximate surface area is 133 Å². The Kier molecular flexibility index (Phi) is 4.77. The van der Waals surface area contributed by atoms with Crippen LogP contribution < -0.4 is 5.73 Å². The predicted octanol–water partition coefficient (Wildman–Crippen LogP) is 3.09. The summed E-state index contributed by atoms with van der Waals surface area (Å²) < 4.78 is 1.96. The summed E-state index contributed by atoms with van der Waals surface area (Å²) in [5.74, 6) is 0. The summed E-state index contributed by atoms with van der Waals surface area (Å²) in [4.78, 5) is 1.09. The van der Waals surface area contributed by atoms with Crippen LogP contribution in [0, 0.1) is 0 Å². The highest BCUT2D eigenvalue weighted by molar-refractivity contribution is 7.99. The molecule has 0 unspecified atom stereocenters. The molecular weight excluding hydrogens is 306 g/mol. The van der Waals surface area contributed by atoms with E-state index in [0.29, 0.717) is 12.6 Å². The van der Waals surface area contributed by atoms with Crippen LogP contribution in [0.2, 0.25) is 5.02 Å². The first-order chi connectivity index (χ1) is 10.3. The fourth-order valence-corrected chi connectivity index (χ4v) is 4.11. The van der Waals surface area contributed by atoms with Crippen molar-refractivity contribution < 1.29 is 0 Å². The molecule has 2 aromatic rings. The fraction of sp³-hybridized carbons (Fsp3) is 0.500.